The fourth-order valence-electron chi connectivity index (χ4n) is 8.87. The van der Waals surface area contributed by atoms with Crippen molar-refractivity contribution in [1.82, 2.24) is 0 Å². The molecule has 1 aromatic heterocycles. The van der Waals surface area contributed by atoms with Crippen LogP contribution in [-0.4, -0.2) is 0 Å². The van der Waals surface area contributed by atoms with Gasteiger partial charge in [-0.15, -0.1) is 0 Å². The zero-order valence-corrected chi connectivity index (χ0v) is 32.9. The van der Waals surface area contributed by atoms with Crippen LogP contribution in [0.5, 0.6) is 0 Å². The molecule has 0 spiro atoms. The highest BCUT2D eigenvalue weighted by atomic mass is 16.3. The van der Waals surface area contributed by atoms with Gasteiger partial charge in [0, 0.05) is 33.8 Å². The van der Waals surface area contributed by atoms with Crippen LogP contribution in [0.1, 0.15) is 0 Å². The Bertz CT molecular complexity index is 3330. The number of hydrogen-bond donors (Lipinski definition) is 0. The van der Waals surface area contributed by atoms with Gasteiger partial charge in [-0.2, -0.15) is 0 Å². The van der Waals surface area contributed by atoms with Crippen LogP contribution in [0, 0.1) is 0 Å². The quantitative estimate of drug-likeness (QED) is 0.153. The van der Waals surface area contributed by atoms with E-state index in [0.717, 1.165) is 55.7 Å². The maximum absolute atomic E-state index is 6.53. The molecular formula is C58H39NO. The topological polar surface area (TPSA) is 16.4 Å². The van der Waals surface area contributed by atoms with Crippen molar-refractivity contribution >= 4 is 49.8 Å². The maximum Gasteiger partial charge on any atom is 0.137 e. The Kier molecular flexibility index (Phi) is 8.87. The van der Waals surface area contributed by atoms with Gasteiger partial charge in [0.15, 0.2) is 0 Å². The first-order chi connectivity index (χ1) is 29.8. The minimum absolute atomic E-state index is 0.852. The second-order valence-corrected chi connectivity index (χ2v) is 15.2. The second kappa shape index (κ2) is 15.1. The van der Waals surface area contributed by atoms with E-state index in [0.29, 0.717) is 0 Å². The van der Waals surface area contributed by atoms with E-state index >= 15 is 0 Å². The molecule has 2 nitrogen and oxygen atoms in total. The third kappa shape index (κ3) is 6.32. The van der Waals surface area contributed by atoms with Gasteiger partial charge in [0.05, 0.1) is 5.69 Å². The summed E-state index contributed by atoms with van der Waals surface area (Å²) in [4.78, 5) is 2.40. The summed E-state index contributed by atoms with van der Waals surface area (Å²) in [6.45, 7) is 0. The lowest BCUT2D eigenvalue weighted by molar-refractivity contribution is 0.669. The summed E-state index contributed by atoms with van der Waals surface area (Å²) < 4.78 is 6.53. The number of hydrogen-bond acceptors (Lipinski definition) is 2. The Morgan fingerprint density at radius 2 is 0.850 bits per heavy atom. The predicted molar refractivity (Wildman–Crippen MR) is 253 cm³/mol. The van der Waals surface area contributed by atoms with Crippen LogP contribution in [0.3, 0.4) is 0 Å². The number of benzene rings is 10. The molecule has 0 saturated carbocycles. The van der Waals surface area contributed by atoms with Crippen molar-refractivity contribution in [2.24, 2.45) is 0 Å². The van der Waals surface area contributed by atoms with Crippen molar-refractivity contribution in [1.29, 1.82) is 0 Å². The van der Waals surface area contributed by atoms with E-state index in [1.807, 2.05) is 12.1 Å². The molecule has 282 valence electrons. The SMILES string of the molecule is c1ccc(-c2ccccc2-c2c(-c3ccccc3)cccc2-c2ccccc2N(c2cccc(-c3ccc4ccccc4c3)c2)c2ccc3c(c2)oc2ccccc23)cc1. The zero-order valence-electron chi connectivity index (χ0n) is 32.9. The minimum Gasteiger partial charge on any atom is -0.456 e. The van der Waals surface area contributed by atoms with Crippen molar-refractivity contribution in [2.75, 3.05) is 4.90 Å². The third-order valence-corrected chi connectivity index (χ3v) is 11.7. The summed E-state index contributed by atoms with van der Waals surface area (Å²) in [5.41, 5.74) is 16.5. The molecule has 0 atom stereocenters. The minimum atomic E-state index is 0.852. The molecule has 0 aliphatic carbocycles. The fourth-order valence-corrected chi connectivity index (χ4v) is 8.87. The smallest absolute Gasteiger partial charge is 0.137 e. The average molecular weight is 766 g/mol. The van der Waals surface area contributed by atoms with E-state index in [1.165, 1.54) is 49.7 Å². The van der Waals surface area contributed by atoms with E-state index in [1.54, 1.807) is 0 Å². The van der Waals surface area contributed by atoms with E-state index in [4.69, 9.17) is 4.42 Å². The molecule has 0 bridgehead atoms. The first-order valence-electron chi connectivity index (χ1n) is 20.5. The number of nitrogens with zero attached hydrogens (tertiary/aromatic N) is 1. The molecule has 11 aromatic rings. The highest BCUT2D eigenvalue weighted by Gasteiger charge is 2.23. The van der Waals surface area contributed by atoms with Crippen molar-refractivity contribution in [3.05, 3.63) is 237 Å². The van der Waals surface area contributed by atoms with Gasteiger partial charge in [0.25, 0.3) is 0 Å². The van der Waals surface area contributed by atoms with Crippen LogP contribution >= 0.6 is 0 Å². The van der Waals surface area contributed by atoms with Crippen LogP contribution < -0.4 is 4.90 Å². The molecule has 11 rings (SSSR count). The van der Waals surface area contributed by atoms with Gasteiger partial charge in [0.2, 0.25) is 0 Å². The van der Waals surface area contributed by atoms with Crippen molar-refractivity contribution in [3.8, 4) is 55.6 Å². The summed E-state index contributed by atoms with van der Waals surface area (Å²) in [5, 5.41) is 4.67. The predicted octanol–water partition coefficient (Wildman–Crippen LogP) is 16.5. The lowest BCUT2D eigenvalue weighted by Crippen LogP contribution is -2.11. The zero-order chi connectivity index (χ0) is 39.8. The van der Waals surface area contributed by atoms with E-state index < -0.39 is 0 Å². The number of fused-ring (bicyclic) bond motifs is 4. The van der Waals surface area contributed by atoms with E-state index in [9.17, 15) is 0 Å². The molecule has 0 unspecified atom stereocenters. The first-order valence-corrected chi connectivity index (χ1v) is 20.5. The molecule has 0 fully saturated rings. The number of anilines is 3. The number of para-hydroxylation sites is 2. The fraction of sp³-hybridized carbons (Fsp3) is 0. The number of furan rings is 1. The van der Waals surface area contributed by atoms with Crippen LogP contribution in [-0.2, 0) is 0 Å². The Morgan fingerprint density at radius 1 is 0.283 bits per heavy atom. The Hall–Kier alpha value is -7.94. The van der Waals surface area contributed by atoms with Gasteiger partial charge in [-0.1, -0.05) is 188 Å². The third-order valence-electron chi connectivity index (χ3n) is 11.7. The highest BCUT2D eigenvalue weighted by Crippen LogP contribution is 2.49. The summed E-state index contributed by atoms with van der Waals surface area (Å²) in [6.07, 6.45) is 0. The molecule has 1 heterocycles. The normalized spacial score (nSPS) is 11.3. The van der Waals surface area contributed by atoms with Crippen molar-refractivity contribution in [3.63, 3.8) is 0 Å². The molecule has 0 saturated heterocycles. The van der Waals surface area contributed by atoms with Crippen molar-refractivity contribution < 1.29 is 4.42 Å². The molecule has 2 heteroatoms. The van der Waals surface area contributed by atoms with Gasteiger partial charge >= 0.3 is 0 Å². The van der Waals surface area contributed by atoms with E-state index in [-0.39, 0.29) is 0 Å². The van der Waals surface area contributed by atoms with Gasteiger partial charge < -0.3 is 9.32 Å². The second-order valence-electron chi connectivity index (χ2n) is 15.2. The molecule has 0 radical (unpaired) electrons. The standard InChI is InChI=1S/C58H39NO/c1-3-18-41(19-4-1)48-25-9-10-28-53(48)58-49(42-20-5-2-6-21-42)29-16-30-54(58)50-26-11-13-31-55(50)59(47-35-36-52-51-27-12-14-32-56(51)60-57(52)39-47)46-24-15-23-44(38-46)45-34-33-40-17-7-8-22-43(40)37-45/h1-39H. The molecular weight excluding hydrogens is 727 g/mol. The van der Waals surface area contributed by atoms with Gasteiger partial charge in [-0.25, -0.2) is 0 Å². The molecule has 0 aliphatic heterocycles. The number of rotatable bonds is 8. The Labute approximate surface area is 349 Å². The summed E-state index contributed by atoms with van der Waals surface area (Å²) in [6, 6.07) is 85.0. The molecule has 0 aliphatic rings. The summed E-state index contributed by atoms with van der Waals surface area (Å²) in [7, 11) is 0. The summed E-state index contributed by atoms with van der Waals surface area (Å²) >= 11 is 0. The van der Waals surface area contributed by atoms with Crippen LogP contribution in [0.25, 0.3) is 88.3 Å². The highest BCUT2D eigenvalue weighted by molar-refractivity contribution is 6.07. The van der Waals surface area contributed by atoms with Gasteiger partial charge in [-0.05, 0) is 103 Å². The lowest BCUT2D eigenvalue weighted by atomic mass is 9.84. The molecule has 10 aromatic carbocycles. The maximum atomic E-state index is 6.53. The largest absolute Gasteiger partial charge is 0.456 e. The Morgan fingerprint density at radius 3 is 1.68 bits per heavy atom. The Balaban J connectivity index is 1.16. The molecule has 0 amide bonds. The van der Waals surface area contributed by atoms with Crippen LogP contribution in [0.4, 0.5) is 17.1 Å². The molecule has 0 N–H and O–H groups in total. The van der Waals surface area contributed by atoms with Crippen LogP contribution in [0.15, 0.2) is 241 Å². The van der Waals surface area contributed by atoms with Crippen molar-refractivity contribution in [2.45, 2.75) is 0 Å². The van der Waals surface area contributed by atoms with Gasteiger partial charge in [0.1, 0.15) is 11.2 Å². The summed E-state index contributed by atoms with van der Waals surface area (Å²) in [5.74, 6) is 0. The van der Waals surface area contributed by atoms with Crippen LogP contribution in [0.2, 0.25) is 0 Å². The molecule has 60 heavy (non-hydrogen) atoms. The average Bonchev–Trinajstić information content (AvgIpc) is 3.70. The first kappa shape index (κ1) is 35.2. The lowest BCUT2D eigenvalue weighted by Gasteiger charge is -2.29. The van der Waals surface area contributed by atoms with Gasteiger partial charge in [-0.3, -0.25) is 0 Å². The van der Waals surface area contributed by atoms with E-state index in [2.05, 4.69) is 229 Å². The monoisotopic (exact) mass is 765 g/mol.